The van der Waals surface area contributed by atoms with E-state index in [1.165, 1.54) is 24.3 Å². The van der Waals surface area contributed by atoms with Crippen molar-refractivity contribution in [2.75, 3.05) is 4.90 Å². The molecule has 14 heteroatoms. The zero-order valence-electron chi connectivity index (χ0n) is 21.8. The van der Waals surface area contributed by atoms with Gasteiger partial charge in [-0.3, -0.25) is 24.1 Å². The topological polar surface area (TPSA) is 141 Å². The van der Waals surface area contributed by atoms with E-state index in [1.807, 2.05) is 0 Å². The molecule has 4 aliphatic rings. The van der Waals surface area contributed by atoms with E-state index in [9.17, 15) is 47.5 Å². The first kappa shape index (κ1) is 29.1. The summed E-state index contributed by atoms with van der Waals surface area (Å²) in [7, 11) is -1.85. The summed E-state index contributed by atoms with van der Waals surface area (Å²) in [6.07, 6.45) is -2.40. The van der Waals surface area contributed by atoms with Crippen LogP contribution >= 0.6 is 15.9 Å². The minimum Gasteiger partial charge on any atom is -0.508 e. The Morgan fingerprint density at radius 2 is 1.74 bits per heavy atom. The van der Waals surface area contributed by atoms with E-state index in [1.54, 1.807) is 6.08 Å². The fraction of sp³-hybridized carbons (Fsp3) is 0.241. The lowest BCUT2D eigenvalue weighted by atomic mass is 9.59. The second kappa shape index (κ2) is 10.3. The minimum atomic E-state index is -5.04. The summed E-state index contributed by atoms with van der Waals surface area (Å²) in [6.45, 7) is 0. The Balaban J connectivity index is 1.48. The molecule has 1 heterocycles. The summed E-state index contributed by atoms with van der Waals surface area (Å²) in [4.78, 5) is 55.1. The quantitative estimate of drug-likeness (QED) is 0.197. The highest BCUT2D eigenvalue weighted by Crippen LogP contribution is 2.56. The third-order valence-electron chi connectivity index (χ3n) is 8.30. The minimum absolute atomic E-state index is 0.0258. The fourth-order valence-electron chi connectivity index (χ4n) is 6.60. The molecule has 9 nitrogen and oxygen atoms in total. The number of phenolic OH excluding ortho intramolecular Hbond substituents is 1. The summed E-state index contributed by atoms with van der Waals surface area (Å²) in [6, 6.07) is 8.47. The molecule has 0 spiro atoms. The number of ketones is 2. The zero-order valence-corrected chi connectivity index (χ0v) is 23.4. The number of anilines is 1. The number of hydrogen-bond acceptors (Lipinski definition) is 8. The van der Waals surface area contributed by atoms with Crippen LogP contribution in [0.5, 0.6) is 11.5 Å². The van der Waals surface area contributed by atoms with Gasteiger partial charge in [-0.25, -0.2) is 0 Å². The number of nitrogens with zero attached hydrogens (tertiary/aromatic N) is 1. The molecule has 6 rings (SSSR count). The van der Waals surface area contributed by atoms with Crippen LogP contribution in [0.2, 0.25) is 0 Å². The highest BCUT2D eigenvalue weighted by atomic mass is 79.9. The first-order valence-electron chi connectivity index (χ1n) is 13.1. The van der Waals surface area contributed by atoms with Crippen molar-refractivity contribution in [3.05, 3.63) is 81.4 Å². The SMILES string of the molecule is O=C1C=C(Br)C(=O)C2=C1[C@@H](c1cc(OC(F)(F)F)ccc1O)C1=CC[C@@H]3C(=O)N(c4cccc(B(O)O)c4)C(=O)[C@@H]3[C@@H]1C2. The smallest absolute Gasteiger partial charge is 0.508 e. The number of carbonyl (C=O) groups excluding carboxylic acids is 4. The summed E-state index contributed by atoms with van der Waals surface area (Å²) >= 11 is 3.09. The molecule has 1 aliphatic heterocycles. The largest absolute Gasteiger partial charge is 0.573 e. The molecule has 1 fully saturated rings. The molecule has 1 saturated heterocycles. The van der Waals surface area contributed by atoms with Crippen molar-refractivity contribution in [3.63, 3.8) is 0 Å². The molecule has 2 amide bonds. The molecule has 43 heavy (non-hydrogen) atoms. The number of carbonyl (C=O) groups is 4. The van der Waals surface area contributed by atoms with Gasteiger partial charge in [-0.1, -0.05) is 23.8 Å². The van der Waals surface area contributed by atoms with Crippen LogP contribution in [0, 0.1) is 17.8 Å². The van der Waals surface area contributed by atoms with Crippen LogP contribution in [0.15, 0.2) is 75.8 Å². The van der Waals surface area contributed by atoms with Crippen LogP contribution < -0.4 is 15.1 Å². The second-order valence-corrected chi connectivity index (χ2v) is 11.5. The van der Waals surface area contributed by atoms with Crippen LogP contribution in [0.3, 0.4) is 0 Å². The molecule has 0 aromatic heterocycles. The highest BCUT2D eigenvalue weighted by molar-refractivity contribution is 9.12. The number of benzene rings is 2. The normalized spacial score (nSPS) is 25.2. The number of Topliss-reactive ketones (excluding diaryl/α,β-unsaturated/α-hetero) is 1. The summed E-state index contributed by atoms with van der Waals surface area (Å²) in [5, 5.41) is 30.0. The molecular weight excluding hydrogens is 638 g/mol. The standard InChI is InChI=1S/C29H20BBrF3NO8/c31-20-11-22(37)25-19(26(20)38)10-17-15(23(25)18-9-14(4-7-21(18)36)43-29(32,33)34)5-6-16-24(17)28(40)35(27(16)39)13-3-1-2-12(8-13)30(41)42/h1-5,7-9,11,16-17,23-24,36,41-42H,6,10H2/t16-,17+,23+,24-/m0/s1. The Bertz CT molecular complexity index is 1720. The van der Waals surface area contributed by atoms with Gasteiger partial charge >= 0.3 is 13.5 Å². The number of rotatable bonds is 4. The van der Waals surface area contributed by atoms with Crippen molar-refractivity contribution >= 4 is 57.6 Å². The lowest BCUT2D eigenvalue weighted by Crippen LogP contribution is -2.39. The molecule has 4 atom stereocenters. The molecule has 3 N–H and O–H groups in total. The van der Waals surface area contributed by atoms with Gasteiger partial charge in [0.1, 0.15) is 11.5 Å². The Labute approximate surface area is 250 Å². The monoisotopic (exact) mass is 657 g/mol. The maximum Gasteiger partial charge on any atom is 0.573 e. The number of alkyl halides is 3. The van der Waals surface area contributed by atoms with Crippen molar-refractivity contribution in [2.45, 2.75) is 25.1 Å². The van der Waals surface area contributed by atoms with E-state index in [4.69, 9.17) is 0 Å². The van der Waals surface area contributed by atoms with Crippen LogP contribution in [0.25, 0.3) is 0 Å². The predicted octanol–water partition coefficient (Wildman–Crippen LogP) is 2.94. The Morgan fingerprint density at radius 1 is 1.00 bits per heavy atom. The van der Waals surface area contributed by atoms with Gasteiger partial charge in [-0.2, -0.15) is 0 Å². The van der Waals surface area contributed by atoms with Gasteiger partial charge in [0.25, 0.3) is 0 Å². The van der Waals surface area contributed by atoms with Gasteiger partial charge in [0.15, 0.2) is 11.6 Å². The number of halogens is 4. The van der Waals surface area contributed by atoms with E-state index in [2.05, 4.69) is 20.7 Å². The Hall–Kier alpha value is -4.01. The number of phenols is 1. The van der Waals surface area contributed by atoms with E-state index in [0.29, 0.717) is 5.57 Å². The number of allylic oxidation sites excluding steroid dienone is 6. The lowest BCUT2D eigenvalue weighted by Gasteiger charge is -2.42. The second-order valence-electron chi connectivity index (χ2n) is 10.6. The van der Waals surface area contributed by atoms with Crippen molar-refractivity contribution < 1.29 is 52.2 Å². The highest BCUT2D eigenvalue weighted by Gasteiger charge is 2.57. The summed E-state index contributed by atoms with van der Waals surface area (Å²) < 4.78 is 43.2. The molecule has 220 valence electrons. The number of ether oxygens (including phenoxy) is 1. The molecule has 3 aliphatic carbocycles. The third kappa shape index (κ3) is 4.83. The van der Waals surface area contributed by atoms with E-state index in [0.717, 1.165) is 29.2 Å². The van der Waals surface area contributed by atoms with E-state index in [-0.39, 0.29) is 45.2 Å². The van der Waals surface area contributed by atoms with Crippen LogP contribution in [0.4, 0.5) is 18.9 Å². The van der Waals surface area contributed by atoms with Crippen molar-refractivity contribution in [2.24, 2.45) is 17.8 Å². The molecule has 0 radical (unpaired) electrons. The summed E-state index contributed by atoms with van der Waals surface area (Å²) in [5.74, 6) is -7.30. The molecule has 0 bridgehead atoms. The number of fused-ring (bicyclic) bond motifs is 3. The molecule has 0 saturated carbocycles. The first-order valence-corrected chi connectivity index (χ1v) is 13.9. The van der Waals surface area contributed by atoms with E-state index >= 15 is 0 Å². The molecule has 2 aromatic carbocycles. The van der Waals surface area contributed by atoms with Crippen molar-refractivity contribution in [3.8, 4) is 11.5 Å². The van der Waals surface area contributed by atoms with Gasteiger partial charge in [0.05, 0.1) is 22.0 Å². The van der Waals surface area contributed by atoms with Gasteiger partial charge < -0.3 is 19.9 Å². The molecule has 0 unspecified atom stereocenters. The Morgan fingerprint density at radius 3 is 2.44 bits per heavy atom. The third-order valence-corrected chi connectivity index (χ3v) is 8.89. The van der Waals surface area contributed by atoms with Gasteiger partial charge in [0.2, 0.25) is 11.8 Å². The van der Waals surface area contributed by atoms with Gasteiger partial charge in [0, 0.05) is 28.7 Å². The maximum absolute atomic E-state index is 13.9. The number of amides is 2. The fourth-order valence-corrected chi connectivity index (χ4v) is 7.05. The number of imide groups is 1. The van der Waals surface area contributed by atoms with Gasteiger partial charge in [-0.15, -0.1) is 13.2 Å². The van der Waals surface area contributed by atoms with Crippen LogP contribution in [0.1, 0.15) is 24.3 Å². The van der Waals surface area contributed by atoms with E-state index < -0.39 is 72.0 Å². The average Bonchev–Trinajstić information content (AvgIpc) is 3.20. The Kier molecular flexibility index (Phi) is 6.98. The van der Waals surface area contributed by atoms with Gasteiger partial charge in [-0.05, 0) is 70.5 Å². The number of hydrogen-bond donors (Lipinski definition) is 3. The number of aromatic hydroxyl groups is 1. The van der Waals surface area contributed by atoms with Crippen molar-refractivity contribution in [1.29, 1.82) is 0 Å². The molecule has 2 aromatic rings. The predicted molar refractivity (Wildman–Crippen MR) is 148 cm³/mol. The lowest BCUT2D eigenvalue weighted by molar-refractivity contribution is -0.274. The van der Waals surface area contributed by atoms with Crippen LogP contribution in [-0.2, 0) is 19.2 Å². The summed E-state index contributed by atoms with van der Waals surface area (Å²) in [5.41, 5.74) is 0.445. The zero-order chi connectivity index (χ0) is 31.0. The molecular formula is C29H20BBrF3NO8. The maximum atomic E-state index is 13.9. The average molecular weight is 658 g/mol. The van der Waals surface area contributed by atoms with Crippen LogP contribution in [-0.4, -0.2) is 52.0 Å². The first-order chi connectivity index (χ1) is 20.3. The van der Waals surface area contributed by atoms with Crippen molar-refractivity contribution in [1.82, 2.24) is 0 Å².